The lowest BCUT2D eigenvalue weighted by atomic mass is 10.1. The number of aromatic amines is 1. The van der Waals surface area contributed by atoms with Crippen molar-refractivity contribution in [2.75, 3.05) is 17.7 Å². The first-order chi connectivity index (χ1) is 14.5. The summed E-state index contributed by atoms with van der Waals surface area (Å²) in [5, 5.41) is 9.47. The van der Waals surface area contributed by atoms with Gasteiger partial charge in [0, 0.05) is 18.3 Å². The first-order valence-corrected chi connectivity index (χ1v) is 9.68. The zero-order chi connectivity index (χ0) is 21.1. The third-order valence-electron chi connectivity index (χ3n) is 4.84. The predicted octanol–water partition coefficient (Wildman–Crippen LogP) is 3.27. The van der Waals surface area contributed by atoms with Crippen molar-refractivity contribution in [1.82, 2.24) is 19.6 Å². The first kappa shape index (κ1) is 19.5. The van der Waals surface area contributed by atoms with Crippen molar-refractivity contribution in [3.8, 4) is 5.75 Å². The van der Waals surface area contributed by atoms with Crippen molar-refractivity contribution < 1.29 is 4.74 Å². The maximum Gasteiger partial charge on any atom is 0.274 e. The van der Waals surface area contributed by atoms with Crippen molar-refractivity contribution >= 4 is 17.4 Å². The molecule has 3 N–H and O–H groups in total. The van der Waals surface area contributed by atoms with Crippen LogP contribution in [-0.4, -0.2) is 26.7 Å². The molecule has 8 heteroatoms. The predicted molar refractivity (Wildman–Crippen MR) is 117 cm³/mol. The van der Waals surface area contributed by atoms with E-state index in [2.05, 4.69) is 51.7 Å². The Morgan fingerprint density at radius 1 is 1.00 bits per heavy atom. The van der Waals surface area contributed by atoms with E-state index in [0.29, 0.717) is 30.5 Å². The van der Waals surface area contributed by atoms with Crippen LogP contribution in [0.2, 0.25) is 0 Å². The third kappa shape index (κ3) is 4.27. The van der Waals surface area contributed by atoms with E-state index in [1.54, 1.807) is 7.11 Å². The van der Waals surface area contributed by atoms with E-state index in [4.69, 9.17) is 4.74 Å². The van der Waals surface area contributed by atoms with Gasteiger partial charge in [-0.25, -0.2) is 4.98 Å². The summed E-state index contributed by atoms with van der Waals surface area (Å²) < 4.78 is 6.50. The summed E-state index contributed by atoms with van der Waals surface area (Å²) in [6, 6.07) is 15.4. The second-order valence-corrected chi connectivity index (χ2v) is 7.17. The lowest BCUT2D eigenvalue weighted by Crippen LogP contribution is -2.17. The molecule has 0 saturated carbocycles. The summed E-state index contributed by atoms with van der Waals surface area (Å²) in [5.74, 6) is 1.62. The topological polar surface area (TPSA) is 96.3 Å². The summed E-state index contributed by atoms with van der Waals surface area (Å²) in [4.78, 5) is 21.4. The van der Waals surface area contributed by atoms with Crippen LogP contribution in [0.4, 0.5) is 11.6 Å². The molecule has 4 aromatic rings. The van der Waals surface area contributed by atoms with Crippen LogP contribution < -0.4 is 20.9 Å². The van der Waals surface area contributed by atoms with E-state index >= 15 is 0 Å². The largest absolute Gasteiger partial charge is 0.497 e. The summed E-state index contributed by atoms with van der Waals surface area (Å²) in [6.07, 6.45) is 0. The Hall–Kier alpha value is -3.81. The standard InChI is InChI=1S/C22H24N6O2/c1-14-4-9-19(15(2)10-14)23-13-17-11-20(29)28-22(25-17)26-21(27-28)24-12-16-5-7-18(30-3)8-6-16/h4-11,23H,12-13H2,1-3H3,(H2,24,25,26,27). The summed E-state index contributed by atoms with van der Waals surface area (Å²) in [5.41, 5.74) is 4.87. The number of methoxy groups -OCH3 is 1. The minimum absolute atomic E-state index is 0.206. The van der Waals surface area contributed by atoms with Crippen LogP contribution in [0, 0.1) is 13.8 Å². The number of benzene rings is 2. The van der Waals surface area contributed by atoms with Gasteiger partial charge in [-0.2, -0.15) is 9.50 Å². The number of aryl methyl sites for hydroxylation is 2. The first-order valence-electron chi connectivity index (χ1n) is 9.68. The van der Waals surface area contributed by atoms with Gasteiger partial charge in [-0.3, -0.25) is 9.89 Å². The van der Waals surface area contributed by atoms with Gasteiger partial charge in [0.1, 0.15) is 5.75 Å². The third-order valence-corrected chi connectivity index (χ3v) is 4.84. The number of anilines is 2. The number of hydrogen-bond donors (Lipinski definition) is 3. The van der Waals surface area contributed by atoms with Crippen molar-refractivity contribution in [3.05, 3.63) is 81.3 Å². The smallest absolute Gasteiger partial charge is 0.274 e. The van der Waals surface area contributed by atoms with Gasteiger partial charge in [-0.05, 0) is 43.2 Å². The molecule has 2 aromatic carbocycles. The minimum Gasteiger partial charge on any atom is -0.497 e. The Balaban J connectivity index is 1.47. The van der Waals surface area contributed by atoms with Crippen LogP contribution in [0.25, 0.3) is 5.78 Å². The molecule has 0 aliphatic heterocycles. The Morgan fingerprint density at radius 3 is 2.53 bits per heavy atom. The Labute approximate surface area is 173 Å². The SMILES string of the molecule is COc1ccc(CNc2nc3nc(CNc4ccc(C)cc4C)cc(=O)n3[nH]2)cc1. The molecule has 30 heavy (non-hydrogen) atoms. The molecule has 2 heterocycles. The number of aromatic nitrogens is 4. The summed E-state index contributed by atoms with van der Waals surface area (Å²) >= 11 is 0. The molecule has 0 radical (unpaired) electrons. The molecule has 0 fully saturated rings. The molecule has 2 aromatic heterocycles. The van der Waals surface area contributed by atoms with Crippen molar-refractivity contribution in [3.63, 3.8) is 0 Å². The van der Waals surface area contributed by atoms with Gasteiger partial charge in [0.05, 0.1) is 19.3 Å². The highest BCUT2D eigenvalue weighted by atomic mass is 16.5. The van der Waals surface area contributed by atoms with Gasteiger partial charge in [0.2, 0.25) is 5.95 Å². The van der Waals surface area contributed by atoms with Crippen molar-refractivity contribution in [2.24, 2.45) is 0 Å². The van der Waals surface area contributed by atoms with Gasteiger partial charge in [-0.1, -0.05) is 29.8 Å². The van der Waals surface area contributed by atoms with E-state index in [1.807, 2.05) is 30.3 Å². The lowest BCUT2D eigenvalue weighted by molar-refractivity contribution is 0.414. The van der Waals surface area contributed by atoms with Crippen LogP contribution in [0.15, 0.2) is 53.3 Å². The zero-order valence-electron chi connectivity index (χ0n) is 17.2. The molecule has 4 rings (SSSR count). The average Bonchev–Trinajstić information content (AvgIpc) is 3.16. The molecule has 154 valence electrons. The van der Waals surface area contributed by atoms with Gasteiger partial charge < -0.3 is 15.4 Å². The van der Waals surface area contributed by atoms with Crippen molar-refractivity contribution in [1.29, 1.82) is 0 Å². The molecular weight excluding hydrogens is 380 g/mol. The fourth-order valence-electron chi connectivity index (χ4n) is 3.22. The highest BCUT2D eigenvalue weighted by molar-refractivity contribution is 5.52. The molecular formula is C22H24N6O2. The van der Waals surface area contributed by atoms with Gasteiger partial charge >= 0.3 is 0 Å². The highest BCUT2D eigenvalue weighted by Crippen LogP contribution is 2.17. The molecule has 0 amide bonds. The molecule has 0 spiro atoms. The monoisotopic (exact) mass is 404 g/mol. The number of H-pyrrole nitrogens is 1. The average molecular weight is 404 g/mol. The maximum absolute atomic E-state index is 12.5. The van der Waals surface area contributed by atoms with Crippen LogP contribution in [-0.2, 0) is 13.1 Å². The van der Waals surface area contributed by atoms with E-state index in [0.717, 1.165) is 22.6 Å². The Bertz CT molecular complexity index is 1230. The second-order valence-electron chi connectivity index (χ2n) is 7.17. The molecule has 0 unspecified atom stereocenters. The van der Waals surface area contributed by atoms with Gasteiger partial charge in [0.15, 0.2) is 0 Å². The number of nitrogens with zero attached hydrogens (tertiary/aromatic N) is 3. The van der Waals surface area contributed by atoms with E-state index in [-0.39, 0.29) is 5.56 Å². The normalized spacial score (nSPS) is 10.9. The minimum atomic E-state index is -0.206. The summed E-state index contributed by atoms with van der Waals surface area (Å²) in [7, 11) is 1.64. The van der Waals surface area contributed by atoms with Crippen LogP contribution in [0.5, 0.6) is 5.75 Å². The molecule has 0 bridgehead atoms. The quantitative estimate of drug-likeness (QED) is 0.438. The number of hydrogen-bond acceptors (Lipinski definition) is 6. The Morgan fingerprint density at radius 2 is 1.80 bits per heavy atom. The van der Waals surface area contributed by atoms with E-state index in [9.17, 15) is 4.79 Å². The number of fused-ring (bicyclic) bond motifs is 1. The number of nitrogens with one attached hydrogen (secondary N) is 3. The lowest BCUT2D eigenvalue weighted by Gasteiger charge is -2.09. The maximum atomic E-state index is 12.5. The zero-order valence-corrected chi connectivity index (χ0v) is 17.2. The second kappa shape index (κ2) is 8.28. The van der Waals surface area contributed by atoms with E-state index in [1.165, 1.54) is 16.1 Å². The fourth-order valence-corrected chi connectivity index (χ4v) is 3.22. The number of ether oxygens (including phenoxy) is 1. The van der Waals surface area contributed by atoms with Crippen LogP contribution in [0.3, 0.4) is 0 Å². The van der Waals surface area contributed by atoms with Gasteiger partial charge in [0.25, 0.3) is 11.3 Å². The Kier molecular flexibility index (Phi) is 5.38. The fraction of sp³-hybridized carbons (Fsp3) is 0.227. The van der Waals surface area contributed by atoms with Gasteiger partial charge in [-0.15, -0.1) is 0 Å². The van der Waals surface area contributed by atoms with Crippen LogP contribution in [0.1, 0.15) is 22.4 Å². The number of rotatable bonds is 7. The molecule has 0 aliphatic carbocycles. The molecule has 8 nitrogen and oxygen atoms in total. The van der Waals surface area contributed by atoms with Crippen molar-refractivity contribution in [2.45, 2.75) is 26.9 Å². The molecule has 0 atom stereocenters. The molecule has 0 saturated heterocycles. The summed E-state index contributed by atoms with van der Waals surface area (Å²) in [6.45, 7) is 5.11. The highest BCUT2D eigenvalue weighted by Gasteiger charge is 2.09. The van der Waals surface area contributed by atoms with Crippen LogP contribution >= 0.6 is 0 Å². The molecule has 0 aliphatic rings. The van der Waals surface area contributed by atoms with E-state index < -0.39 is 0 Å².